The third-order valence-corrected chi connectivity index (χ3v) is 3.07. The summed E-state index contributed by atoms with van der Waals surface area (Å²) in [5, 5.41) is 0. The number of hydrogen-bond donors (Lipinski definition) is 1. The van der Waals surface area contributed by atoms with Crippen molar-refractivity contribution in [2.45, 2.75) is 32.4 Å². The molecule has 0 saturated carbocycles. The van der Waals surface area contributed by atoms with Crippen LogP contribution in [0.3, 0.4) is 0 Å². The molecular formula is C12H20N4O. The minimum Gasteiger partial charge on any atom is -0.376 e. The highest BCUT2D eigenvalue weighted by Gasteiger charge is 2.20. The Morgan fingerprint density at radius 1 is 1.47 bits per heavy atom. The van der Waals surface area contributed by atoms with Gasteiger partial charge in [-0.1, -0.05) is 0 Å². The fourth-order valence-electron chi connectivity index (χ4n) is 2.17. The van der Waals surface area contributed by atoms with Crippen molar-refractivity contribution >= 4 is 5.82 Å². The van der Waals surface area contributed by atoms with Gasteiger partial charge in [0.25, 0.3) is 0 Å². The number of anilines is 1. The molecule has 1 unspecified atom stereocenters. The SMILES string of the molecule is CCN(CC1CCCO1)c1nccnc1CN. The van der Waals surface area contributed by atoms with E-state index in [4.69, 9.17) is 10.5 Å². The van der Waals surface area contributed by atoms with E-state index in [1.165, 1.54) is 0 Å². The molecule has 94 valence electrons. The lowest BCUT2D eigenvalue weighted by Crippen LogP contribution is -2.33. The van der Waals surface area contributed by atoms with Gasteiger partial charge in [0.15, 0.2) is 5.82 Å². The minimum atomic E-state index is 0.322. The first-order valence-electron chi connectivity index (χ1n) is 6.21. The Bertz CT molecular complexity index is 352. The fraction of sp³-hybridized carbons (Fsp3) is 0.667. The highest BCUT2D eigenvalue weighted by Crippen LogP contribution is 2.19. The predicted molar refractivity (Wildman–Crippen MR) is 66.8 cm³/mol. The lowest BCUT2D eigenvalue weighted by atomic mass is 10.2. The van der Waals surface area contributed by atoms with Crippen LogP contribution in [0, 0.1) is 0 Å². The third kappa shape index (κ3) is 2.92. The third-order valence-electron chi connectivity index (χ3n) is 3.07. The summed E-state index contributed by atoms with van der Waals surface area (Å²) in [7, 11) is 0. The molecule has 1 aliphatic rings. The normalized spacial score (nSPS) is 19.5. The summed E-state index contributed by atoms with van der Waals surface area (Å²) < 4.78 is 5.66. The molecule has 2 rings (SSSR count). The molecule has 0 radical (unpaired) electrons. The molecule has 0 aliphatic carbocycles. The molecule has 1 aromatic heterocycles. The number of nitrogens with zero attached hydrogens (tertiary/aromatic N) is 3. The van der Waals surface area contributed by atoms with Gasteiger partial charge < -0.3 is 15.4 Å². The van der Waals surface area contributed by atoms with Crippen LogP contribution in [0.2, 0.25) is 0 Å². The van der Waals surface area contributed by atoms with Gasteiger partial charge in [-0.2, -0.15) is 0 Å². The van der Waals surface area contributed by atoms with Crippen LogP contribution < -0.4 is 10.6 Å². The molecule has 5 nitrogen and oxygen atoms in total. The van der Waals surface area contributed by atoms with Crippen molar-refractivity contribution in [3.05, 3.63) is 18.1 Å². The van der Waals surface area contributed by atoms with E-state index in [2.05, 4.69) is 21.8 Å². The van der Waals surface area contributed by atoms with E-state index in [9.17, 15) is 0 Å². The van der Waals surface area contributed by atoms with Crippen molar-refractivity contribution < 1.29 is 4.74 Å². The molecule has 1 fully saturated rings. The van der Waals surface area contributed by atoms with Crippen molar-refractivity contribution in [3.8, 4) is 0 Å². The maximum Gasteiger partial charge on any atom is 0.151 e. The van der Waals surface area contributed by atoms with Crippen molar-refractivity contribution in [2.75, 3.05) is 24.6 Å². The maximum atomic E-state index is 5.69. The van der Waals surface area contributed by atoms with E-state index in [-0.39, 0.29) is 0 Å². The average Bonchev–Trinajstić information content (AvgIpc) is 2.89. The van der Waals surface area contributed by atoms with Gasteiger partial charge in [0.1, 0.15) is 0 Å². The summed E-state index contributed by atoms with van der Waals surface area (Å²) in [6.45, 7) is 5.19. The number of hydrogen-bond acceptors (Lipinski definition) is 5. The van der Waals surface area contributed by atoms with Gasteiger partial charge in [0.2, 0.25) is 0 Å². The van der Waals surface area contributed by atoms with E-state index in [1.807, 2.05) is 0 Å². The van der Waals surface area contributed by atoms with Crippen LogP contribution >= 0.6 is 0 Å². The second-order valence-corrected chi connectivity index (χ2v) is 4.20. The van der Waals surface area contributed by atoms with E-state index in [0.29, 0.717) is 12.6 Å². The van der Waals surface area contributed by atoms with Crippen LogP contribution in [0.5, 0.6) is 0 Å². The number of ether oxygens (including phenoxy) is 1. The first-order valence-corrected chi connectivity index (χ1v) is 6.21. The van der Waals surface area contributed by atoms with E-state index < -0.39 is 0 Å². The smallest absolute Gasteiger partial charge is 0.151 e. The molecule has 17 heavy (non-hydrogen) atoms. The number of aromatic nitrogens is 2. The molecule has 2 heterocycles. The zero-order chi connectivity index (χ0) is 12.1. The highest BCUT2D eigenvalue weighted by atomic mass is 16.5. The predicted octanol–water partition coefficient (Wildman–Crippen LogP) is 0.941. The highest BCUT2D eigenvalue weighted by molar-refractivity contribution is 5.42. The van der Waals surface area contributed by atoms with Crippen molar-refractivity contribution in [1.82, 2.24) is 9.97 Å². The van der Waals surface area contributed by atoms with E-state index >= 15 is 0 Å². The molecule has 0 bridgehead atoms. The van der Waals surface area contributed by atoms with Crippen LogP contribution in [0.1, 0.15) is 25.5 Å². The Morgan fingerprint density at radius 3 is 2.94 bits per heavy atom. The molecule has 0 amide bonds. The molecule has 5 heteroatoms. The summed E-state index contributed by atoms with van der Waals surface area (Å²) in [4.78, 5) is 10.9. The zero-order valence-electron chi connectivity index (χ0n) is 10.3. The second kappa shape index (κ2) is 5.93. The summed E-state index contributed by atoms with van der Waals surface area (Å²) in [5.74, 6) is 0.896. The van der Waals surface area contributed by atoms with Gasteiger partial charge in [-0.25, -0.2) is 4.98 Å². The Labute approximate surface area is 102 Å². The van der Waals surface area contributed by atoms with Gasteiger partial charge in [0.05, 0.1) is 11.8 Å². The molecule has 2 N–H and O–H groups in total. The van der Waals surface area contributed by atoms with Crippen LogP contribution in [0.15, 0.2) is 12.4 Å². The first-order chi connectivity index (χ1) is 8.35. The topological polar surface area (TPSA) is 64.3 Å². The van der Waals surface area contributed by atoms with Gasteiger partial charge in [-0.3, -0.25) is 4.98 Å². The fourth-order valence-corrected chi connectivity index (χ4v) is 2.17. The van der Waals surface area contributed by atoms with E-state index in [1.54, 1.807) is 12.4 Å². The Kier molecular flexibility index (Phi) is 4.28. The minimum absolute atomic E-state index is 0.322. The molecule has 1 aromatic rings. The van der Waals surface area contributed by atoms with Crippen LogP contribution in [-0.2, 0) is 11.3 Å². The zero-order valence-corrected chi connectivity index (χ0v) is 10.3. The first kappa shape index (κ1) is 12.3. The average molecular weight is 236 g/mol. The number of nitrogens with two attached hydrogens (primary N) is 1. The van der Waals surface area contributed by atoms with Gasteiger partial charge >= 0.3 is 0 Å². The molecule has 0 spiro atoms. The summed E-state index contributed by atoms with van der Waals surface area (Å²) >= 11 is 0. The quantitative estimate of drug-likeness (QED) is 0.824. The van der Waals surface area contributed by atoms with Gasteiger partial charge in [-0.15, -0.1) is 0 Å². The summed E-state index contributed by atoms with van der Waals surface area (Å²) in [6, 6.07) is 0. The lowest BCUT2D eigenvalue weighted by Gasteiger charge is -2.26. The summed E-state index contributed by atoms with van der Waals surface area (Å²) in [5.41, 5.74) is 6.54. The Balaban J connectivity index is 2.10. The number of likely N-dealkylation sites (N-methyl/N-ethyl adjacent to an activating group) is 1. The molecule has 0 aromatic carbocycles. The van der Waals surface area contributed by atoms with Crippen LogP contribution in [0.25, 0.3) is 0 Å². The largest absolute Gasteiger partial charge is 0.376 e. The van der Waals surface area contributed by atoms with Gasteiger partial charge in [0, 0.05) is 38.6 Å². The second-order valence-electron chi connectivity index (χ2n) is 4.20. The lowest BCUT2D eigenvalue weighted by molar-refractivity contribution is 0.115. The Morgan fingerprint density at radius 2 is 2.29 bits per heavy atom. The van der Waals surface area contributed by atoms with Crippen molar-refractivity contribution in [1.29, 1.82) is 0 Å². The number of rotatable bonds is 5. The van der Waals surface area contributed by atoms with Crippen LogP contribution in [-0.4, -0.2) is 35.8 Å². The Hall–Kier alpha value is -1.20. The molecular weight excluding hydrogens is 216 g/mol. The molecule has 1 atom stereocenters. The van der Waals surface area contributed by atoms with Crippen molar-refractivity contribution in [2.24, 2.45) is 5.73 Å². The van der Waals surface area contributed by atoms with E-state index in [0.717, 1.165) is 44.0 Å². The summed E-state index contributed by atoms with van der Waals surface area (Å²) in [6.07, 6.45) is 6.02. The standard InChI is InChI=1S/C12H20N4O/c1-2-16(9-10-4-3-7-17-10)12-11(8-13)14-5-6-15-12/h5-6,10H,2-4,7-9,13H2,1H3. The van der Waals surface area contributed by atoms with Gasteiger partial charge in [-0.05, 0) is 19.8 Å². The van der Waals surface area contributed by atoms with Crippen molar-refractivity contribution in [3.63, 3.8) is 0 Å². The molecule has 1 saturated heterocycles. The monoisotopic (exact) mass is 236 g/mol. The maximum absolute atomic E-state index is 5.69. The molecule has 1 aliphatic heterocycles. The van der Waals surface area contributed by atoms with Crippen LogP contribution in [0.4, 0.5) is 5.82 Å².